The average Bonchev–Trinajstić information content (AvgIpc) is 3.20. The summed E-state index contributed by atoms with van der Waals surface area (Å²) in [5.74, 6) is 1.72. The quantitative estimate of drug-likeness (QED) is 0.893. The molecule has 3 heterocycles. The largest absolute Gasteiger partial charge is 0.354 e. The minimum absolute atomic E-state index is 0.134. The molecule has 1 amide bonds. The van der Waals surface area contributed by atoms with E-state index in [1.165, 1.54) is 0 Å². The smallest absolute Gasteiger partial charge is 0.268 e. The molecule has 2 aliphatic rings. The third kappa shape index (κ3) is 2.27. The maximum Gasteiger partial charge on any atom is 0.268 e. The molecular formula is C16H19N5O2. The van der Waals surface area contributed by atoms with E-state index in [-0.39, 0.29) is 11.7 Å². The van der Waals surface area contributed by atoms with Crippen LogP contribution in [0.25, 0.3) is 0 Å². The lowest BCUT2D eigenvalue weighted by Gasteiger charge is -2.09. The van der Waals surface area contributed by atoms with Crippen LogP contribution in [0.2, 0.25) is 0 Å². The standard InChI is InChI=1S/C16H19N5O2/c1-9-14-10(4-2-5-11(14)22)18-15(9)16(23)17-8-13-20-19-12-6-3-7-21(12)13/h18H,2-8H2,1H3,(H,17,23). The van der Waals surface area contributed by atoms with E-state index in [9.17, 15) is 9.59 Å². The summed E-state index contributed by atoms with van der Waals surface area (Å²) in [5, 5.41) is 11.2. The van der Waals surface area contributed by atoms with Crippen molar-refractivity contribution in [3.8, 4) is 0 Å². The number of hydrogen-bond donors (Lipinski definition) is 2. The summed E-state index contributed by atoms with van der Waals surface area (Å²) in [7, 11) is 0. The molecule has 0 saturated heterocycles. The van der Waals surface area contributed by atoms with Gasteiger partial charge >= 0.3 is 0 Å². The predicted octanol–water partition coefficient (Wildman–Crippen LogP) is 1.31. The highest BCUT2D eigenvalue weighted by atomic mass is 16.2. The van der Waals surface area contributed by atoms with E-state index in [2.05, 4.69) is 25.1 Å². The number of nitrogens with one attached hydrogen (secondary N) is 2. The fourth-order valence-electron chi connectivity index (χ4n) is 3.59. The first-order valence-electron chi connectivity index (χ1n) is 8.09. The molecule has 4 rings (SSSR count). The predicted molar refractivity (Wildman–Crippen MR) is 82.3 cm³/mol. The Kier molecular flexibility index (Phi) is 3.28. The summed E-state index contributed by atoms with van der Waals surface area (Å²) in [4.78, 5) is 27.7. The van der Waals surface area contributed by atoms with Crippen molar-refractivity contribution in [2.24, 2.45) is 0 Å². The molecule has 120 valence electrons. The number of aryl methyl sites for hydroxylation is 2. The maximum atomic E-state index is 12.5. The molecule has 0 atom stereocenters. The number of hydrogen-bond acceptors (Lipinski definition) is 4. The highest BCUT2D eigenvalue weighted by Crippen LogP contribution is 2.26. The van der Waals surface area contributed by atoms with Gasteiger partial charge in [0.25, 0.3) is 5.91 Å². The number of ketones is 1. The van der Waals surface area contributed by atoms with Crippen molar-refractivity contribution in [1.29, 1.82) is 0 Å². The Morgan fingerprint density at radius 3 is 2.96 bits per heavy atom. The lowest BCUT2D eigenvalue weighted by molar-refractivity contribution is 0.0943. The Morgan fingerprint density at radius 2 is 2.13 bits per heavy atom. The van der Waals surface area contributed by atoms with Gasteiger partial charge in [0.05, 0.1) is 6.54 Å². The second kappa shape index (κ2) is 5.33. The molecule has 2 aromatic heterocycles. The molecule has 0 radical (unpaired) electrons. The van der Waals surface area contributed by atoms with Gasteiger partial charge in [-0.15, -0.1) is 10.2 Å². The van der Waals surface area contributed by atoms with Gasteiger partial charge in [0.1, 0.15) is 11.5 Å². The van der Waals surface area contributed by atoms with Crippen LogP contribution in [0, 0.1) is 6.92 Å². The van der Waals surface area contributed by atoms with Crippen LogP contribution in [0.5, 0.6) is 0 Å². The fraction of sp³-hybridized carbons (Fsp3) is 0.500. The van der Waals surface area contributed by atoms with E-state index in [0.717, 1.165) is 55.1 Å². The van der Waals surface area contributed by atoms with Crippen molar-refractivity contribution in [2.45, 2.75) is 52.1 Å². The van der Waals surface area contributed by atoms with E-state index < -0.39 is 0 Å². The number of amides is 1. The Balaban J connectivity index is 1.52. The van der Waals surface area contributed by atoms with E-state index in [1.54, 1.807) is 0 Å². The lowest BCUT2D eigenvalue weighted by Crippen LogP contribution is -2.25. The molecule has 7 nitrogen and oxygen atoms in total. The minimum atomic E-state index is -0.194. The zero-order chi connectivity index (χ0) is 16.0. The Hall–Kier alpha value is -2.44. The van der Waals surface area contributed by atoms with Crippen LogP contribution < -0.4 is 5.32 Å². The van der Waals surface area contributed by atoms with Crippen LogP contribution >= 0.6 is 0 Å². The molecule has 0 unspecified atom stereocenters. The first-order chi connectivity index (χ1) is 11.1. The van der Waals surface area contributed by atoms with Crippen LogP contribution in [-0.4, -0.2) is 31.4 Å². The molecule has 7 heteroatoms. The van der Waals surface area contributed by atoms with Gasteiger partial charge < -0.3 is 14.9 Å². The molecular weight excluding hydrogens is 294 g/mol. The molecule has 1 aliphatic carbocycles. The van der Waals surface area contributed by atoms with E-state index in [0.29, 0.717) is 24.2 Å². The Morgan fingerprint density at radius 1 is 1.26 bits per heavy atom. The molecule has 0 saturated carbocycles. The van der Waals surface area contributed by atoms with Gasteiger partial charge in [-0.1, -0.05) is 0 Å². The zero-order valence-electron chi connectivity index (χ0n) is 13.1. The molecule has 0 fully saturated rings. The first kappa shape index (κ1) is 14.2. The molecule has 2 N–H and O–H groups in total. The molecule has 0 aromatic carbocycles. The lowest BCUT2D eigenvalue weighted by atomic mass is 9.94. The van der Waals surface area contributed by atoms with Crippen LogP contribution in [-0.2, 0) is 25.9 Å². The summed E-state index contributed by atoms with van der Waals surface area (Å²) < 4.78 is 2.07. The second-order valence-corrected chi connectivity index (χ2v) is 6.23. The van der Waals surface area contributed by atoms with E-state index in [1.807, 2.05) is 6.92 Å². The summed E-state index contributed by atoms with van der Waals surface area (Å²) >= 11 is 0. The molecule has 0 spiro atoms. The Labute approximate surface area is 133 Å². The summed E-state index contributed by atoms with van der Waals surface area (Å²) in [6.07, 6.45) is 4.27. The SMILES string of the molecule is Cc1c(C(=O)NCc2nnc3n2CCC3)[nH]c2c1C(=O)CCC2. The van der Waals surface area contributed by atoms with Gasteiger partial charge in [-0.3, -0.25) is 9.59 Å². The van der Waals surface area contributed by atoms with Gasteiger partial charge in [-0.25, -0.2) is 0 Å². The summed E-state index contributed by atoms with van der Waals surface area (Å²) in [5.41, 5.74) is 2.86. The third-order valence-electron chi connectivity index (χ3n) is 4.76. The van der Waals surface area contributed by atoms with Crippen LogP contribution in [0.1, 0.15) is 63.0 Å². The number of Topliss-reactive ketones (excluding diaryl/α,β-unsaturated/α-hetero) is 1. The molecule has 2 aromatic rings. The van der Waals surface area contributed by atoms with E-state index in [4.69, 9.17) is 0 Å². The topological polar surface area (TPSA) is 92.7 Å². The van der Waals surface area contributed by atoms with Crippen molar-refractivity contribution in [3.05, 3.63) is 34.2 Å². The third-order valence-corrected chi connectivity index (χ3v) is 4.76. The number of fused-ring (bicyclic) bond motifs is 2. The normalized spacial score (nSPS) is 16.3. The van der Waals surface area contributed by atoms with Gasteiger partial charge in [0.15, 0.2) is 11.6 Å². The van der Waals surface area contributed by atoms with Crippen LogP contribution in [0.15, 0.2) is 0 Å². The zero-order valence-corrected chi connectivity index (χ0v) is 13.1. The second-order valence-electron chi connectivity index (χ2n) is 6.23. The first-order valence-corrected chi connectivity index (χ1v) is 8.09. The number of aromatic nitrogens is 4. The van der Waals surface area contributed by atoms with Crippen molar-refractivity contribution < 1.29 is 9.59 Å². The molecule has 1 aliphatic heterocycles. The number of rotatable bonds is 3. The van der Waals surface area contributed by atoms with Gasteiger partial charge in [-0.05, 0) is 31.7 Å². The number of carbonyl (C=O) groups excluding carboxylic acids is 2. The minimum Gasteiger partial charge on any atom is -0.354 e. The highest BCUT2D eigenvalue weighted by molar-refractivity contribution is 6.04. The van der Waals surface area contributed by atoms with Gasteiger partial charge in [0, 0.05) is 30.6 Å². The highest BCUT2D eigenvalue weighted by Gasteiger charge is 2.26. The molecule has 0 bridgehead atoms. The Bertz CT molecular complexity index is 802. The summed E-state index contributed by atoms with van der Waals surface area (Å²) in [6.45, 7) is 3.10. The summed E-state index contributed by atoms with van der Waals surface area (Å²) in [6, 6.07) is 0. The number of H-pyrrole nitrogens is 1. The fourth-order valence-corrected chi connectivity index (χ4v) is 3.59. The van der Waals surface area contributed by atoms with Crippen molar-refractivity contribution >= 4 is 11.7 Å². The number of carbonyl (C=O) groups is 2. The van der Waals surface area contributed by atoms with Gasteiger partial charge in [0.2, 0.25) is 0 Å². The number of nitrogens with zero attached hydrogens (tertiary/aromatic N) is 3. The van der Waals surface area contributed by atoms with Crippen LogP contribution in [0.4, 0.5) is 0 Å². The maximum absolute atomic E-state index is 12.5. The van der Waals surface area contributed by atoms with Crippen molar-refractivity contribution in [1.82, 2.24) is 25.1 Å². The van der Waals surface area contributed by atoms with Crippen molar-refractivity contribution in [3.63, 3.8) is 0 Å². The van der Waals surface area contributed by atoms with Gasteiger partial charge in [-0.2, -0.15) is 0 Å². The number of aromatic amines is 1. The average molecular weight is 313 g/mol. The monoisotopic (exact) mass is 313 g/mol. The molecule has 23 heavy (non-hydrogen) atoms. The van der Waals surface area contributed by atoms with E-state index >= 15 is 0 Å². The van der Waals surface area contributed by atoms with Crippen LogP contribution in [0.3, 0.4) is 0 Å². The van der Waals surface area contributed by atoms with Crippen molar-refractivity contribution in [2.75, 3.05) is 0 Å².